The highest BCUT2D eigenvalue weighted by molar-refractivity contribution is 7.47. The first-order valence-corrected chi connectivity index (χ1v) is 49.5. The fraction of sp³-hybridized carbons (Fsp3) is 0.742. The summed E-state index contributed by atoms with van der Waals surface area (Å²) in [6, 6.07) is 0. The van der Waals surface area contributed by atoms with Crippen molar-refractivity contribution in [3.05, 3.63) is 134 Å². The molecule has 664 valence electrons. The van der Waals surface area contributed by atoms with Crippen molar-refractivity contribution in [2.45, 2.75) is 424 Å². The highest BCUT2D eigenvalue weighted by Crippen LogP contribution is 2.45. The van der Waals surface area contributed by atoms with Gasteiger partial charge in [0, 0.05) is 19.3 Å². The standard InChI is InChI=1S/C97H170O16P2/c1-4-7-10-13-16-19-22-25-27-29-31-33-35-37-39-41-43-44-45-46-48-50-51-53-55-57-59-61-63-66-68-71-74-77-80-83-95(100)107-86-92(98)87-109-114(103,104)110-88-93(99)89-111-115(105,106)112-91-94(113-97(102)85-82-79-76-73-70-65-24-21-18-15-12-9-6-3)90-108-96(101)84-81-78-75-72-69-67-64-62-60-58-56-54-52-49-47-42-40-38-36-34-32-30-28-26-23-20-17-14-11-8-5-2/h7-8,10-11,16-17,19-20,25-28,31-34,37-40,47,49,92-94,98-99H,4-6,9,12-15,18,21-24,29-30,35-36,41-46,48,50-91H2,1-3H3,(H,103,104)(H,105,106)/b10-7-,11-8-,19-16-,20-17-,27-25-,28-26-,33-31-,34-32-,39-37-,40-38-,49-47-. The molecule has 0 bridgehead atoms. The summed E-state index contributed by atoms with van der Waals surface area (Å²) >= 11 is 0. The molecule has 0 rings (SSSR count). The lowest BCUT2D eigenvalue weighted by atomic mass is 10.0. The van der Waals surface area contributed by atoms with Crippen molar-refractivity contribution in [3.8, 4) is 0 Å². The Bertz CT molecular complexity index is 2620. The van der Waals surface area contributed by atoms with E-state index in [4.69, 9.17) is 32.3 Å². The molecule has 18 heteroatoms. The van der Waals surface area contributed by atoms with Crippen molar-refractivity contribution < 1.29 is 75.8 Å². The fourth-order valence-electron chi connectivity index (χ4n) is 12.9. The van der Waals surface area contributed by atoms with Crippen LogP contribution in [0.2, 0.25) is 0 Å². The van der Waals surface area contributed by atoms with Gasteiger partial charge in [0.2, 0.25) is 0 Å². The van der Waals surface area contributed by atoms with Gasteiger partial charge >= 0.3 is 33.6 Å². The Morgan fingerprint density at radius 2 is 0.461 bits per heavy atom. The number of hydrogen-bond donors (Lipinski definition) is 4. The molecular weight excluding hydrogens is 1480 g/mol. The van der Waals surface area contributed by atoms with Gasteiger partial charge in [-0.15, -0.1) is 0 Å². The van der Waals surface area contributed by atoms with E-state index in [9.17, 15) is 43.5 Å². The van der Waals surface area contributed by atoms with Gasteiger partial charge < -0.3 is 34.2 Å². The molecule has 4 N–H and O–H groups in total. The number of allylic oxidation sites excluding steroid dienone is 22. The quantitative estimate of drug-likeness (QED) is 0.0146. The zero-order valence-electron chi connectivity index (χ0n) is 73.2. The maximum absolute atomic E-state index is 13.0. The number of hydrogen-bond acceptors (Lipinski definition) is 14. The summed E-state index contributed by atoms with van der Waals surface area (Å²) in [6.07, 6.45) is 111. The van der Waals surface area contributed by atoms with Crippen molar-refractivity contribution in [1.82, 2.24) is 0 Å². The van der Waals surface area contributed by atoms with E-state index < -0.39 is 91.5 Å². The van der Waals surface area contributed by atoms with Gasteiger partial charge in [0.25, 0.3) is 0 Å². The Morgan fingerprint density at radius 3 is 0.730 bits per heavy atom. The molecule has 0 aromatic heterocycles. The van der Waals surface area contributed by atoms with Gasteiger partial charge in [-0.25, -0.2) is 9.13 Å². The molecule has 0 saturated heterocycles. The molecule has 0 aliphatic carbocycles. The predicted octanol–water partition coefficient (Wildman–Crippen LogP) is 28.6. The van der Waals surface area contributed by atoms with Crippen LogP contribution in [0.15, 0.2) is 134 Å². The molecule has 0 spiro atoms. The van der Waals surface area contributed by atoms with E-state index in [-0.39, 0.29) is 19.3 Å². The molecule has 0 radical (unpaired) electrons. The molecule has 0 saturated carbocycles. The molecule has 0 aliphatic rings. The molecule has 5 unspecified atom stereocenters. The zero-order valence-corrected chi connectivity index (χ0v) is 75.0. The Hall–Kier alpha value is -4.31. The van der Waals surface area contributed by atoms with Gasteiger partial charge in [0.1, 0.15) is 25.4 Å². The summed E-state index contributed by atoms with van der Waals surface area (Å²) in [7, 11) is -9.79. The monoisotopic (exact) mass is 1650 g/mol. The van der Waals surface area contributed by atoms with Crippen molar-refractivity contribution in [3.63, 3.8) is 0 Å². The number of aliphatic hydroxyl groups excluding tert-OH is 2. The molecule has 0 fully saturated rings. The Morgan fingerprint density at radius 1 is 0.252 bits per heavy atom. The largest absolute Gasteiger partial charge is 0.472 e. The van der Waals surface area contributed by atoms with E-state index in [1.807, 2.05) is 0 Å². The Labute approximate surface area is 703 Å². The number of unbranched alkanes of at least 4 members (excludes halogenated alkanes) is 43. The normalized spacial score (nSPS) is 14.4. The van der Waals surface area contributed by atoms with E-state index in [2.05, 4.69) is 154 Å². The molecule has 16 nitrogen and oxygen atoms in total. The van der Waals surface area contributed by atoms with E-state index in [1.165, 1.54) is 199 Å². The SMILES string of the molecule is CC/C=C\C/C=C\C/C=C\C/C=C\C/C=C\C/C=C\CCCCCCCCCCCCCCC(=O)OCC(COP(=O)(O)OCC(O)COP(=O)(O)OCC(O)COC(=O)CCCCCCCCCCCCCCCCCCCCC/C=C\C/C=C\C/C=C\C/C=C\C/C=C\CC)OC(=O)CCCCCCCCCCCCCCC. The molecule has 0 aromatic rings. The average Bonchev–Trinajstić information content (AvgIpc) is 0.885. The summed E-state index contributed by atoms with van der Waals surface area (Å²) in [5.41, 5.74) is 0. The highest BCUT2D eigenvalue weighted by atomic mass is 31.2. The van der Waals surface area contributed by atoms with E-state index in [1.54, 1.807) is 0 Å². The second kappa shape index (κ2) is 89.0. The van der Waals surface area contributed by atoms with Crippen LogP contribution in [-0.4, -0.2) is 95.9 Å². The van der Waals surface area contributed by atoms with Crippen LogP contribution < -0.4 is 0 Å². The van der Waals surface area contributed by atoms with Gasteiger partial charge in [0.05, 0.1) is 26.4 Å². The smallest absolute Gasteiger partial charge is 0.463 e. The van der Waals surface area contributed by atoms with Gasteiger partial charge in [-0.2, -0.15) is 0 Å². The van der Waals surface area contributed by atoms with Gasteiger partial charge in [-0.1, -0.05) is 405 Å². The number of phosphoric ester groups is 2. The van der Waals surface area contributed by atoms with Crippen LogP contribution in [0.5, 0.6) is 0 Å². The summed E-state index contributed by atoms with van der Waals surface area (Å²) in [5.74, 6) is -1.56. The van der Waals surface area contributed by atoms with Gasteiger partial charge in [0.15, 0.2) is 6.10 Å². The second-order valence-electron chi connectivity index (χ2n) is 31.1. The summed E-state index contributed by atoms with van der Waals surface area (Å²) in [6.45, 7) is 2.52. The van der Waals surface area contributed by atoms with Gasteiger partial charge in [-0.3, -0.25) is 32.5 Å². The van der Waals surface area contributed by atoms with Crippen LogP contribution in [0.25, 0.3) is 0 Å². The maximum Gasteiger partial charge on any atom is 0.472 e. The molecule has 5 atom stereocenters. The first-order chi connectivity index (χ1) is 56.2. The fourth-order valence-corrected chi connectivity index (χ4v) is 14.5. The minimum atomic E-state index is -4.93. The first-order valence-electron chi connectivity index (χ1n) is 46.5. The first kappa shape index (κ1) is 111. The van der Waals surface area contributed by atoms with Crippen LogP contribution in [0.3, 0.4) is 0 Å². The van der Waals surface area contributed by atoms with Crippen LogP contribution >= 0.6 is 15.6 Å². The van der Waals surface area contributed by atoms with Crippen molar-refractivity contribution in [1.29, 1.82) is 0 Å². The van der Waals surface area contributed by atoms with Crippen LogP contribution in [0.4, 0.5) is 0 Å². The zero-order chi connectivity index (χ0) is 83.6. The summed E-state index contributed by atoms with van der Waals surface area (Å²) in [5, 5.41) is 20.7. The van der Waals surface area contributed by atoms with Crippen LogP contribution in [-0.2, 0) is 55.8 Å². The predicted molar refractivity (Wildman–Crippen MR) is 482 cm³/mol. The van der Waals surface area contributed by atoms with Gasteiger partial charge in [-0.05, 0) is 116 Å². The number of rotatable bonds is 88. The third-order valence-electron chi connectivity index (χ3n) is 19.9. The summed E-state index contributed by atoms with van der Waals surface area (Å²) < 4.78 is 61.4. The van der Waals surface area contributed by atoms with Crippen molar-refractivity contribution >= 4 is 33.6 Å². The molecule has 115 heavy (non-hydrogen) atoms. The minimum absolute atomic E-state index is 0.108. The average molecular weight is 1650 g/mol. The van der Waals surface area contributed by atoms with E-state index in [0.717, 1.165) is 148 Å². The number of carbonyl (C=O) groups is 3. The number of carbonyl (C=O) groups excluding carboxylic acids is 3. The van der Waals surface area contributed by atoms with Crippen LogP contribution in [0.1, 0.15) is 406 Å². The second-order valence-corrected chi connectivity index (χ2v) is 34.0. The maximum atomic E-state index is 13.0. The lowest BCUT2D eigenvalue weighted by Gasteiger charge is -2.21. The van der Waals surface area contributed by atoms with Crippen LogP contribution in [0, 0.1) is 0 Å². The minimum Gasteiger partial charge on any atom is -0.463 e. The topological polar surface area (TPSA) is 231 Å². The summed E-state index contributed by atoms with van der Waals surface area (Å²) in [4.78, 5) is 58.9. The van der Waals surface area contributed by atoms with Crippen molar-refractivity contribution in [2.24, 2.45) is 0 Å². The van der Waals surface area contributed by atoms with E-state index >= 15 is 0 Å². The number of aliphatic hydroxyl groups is 2. The van der Waals surface area contributed by atoms with E-state index in [0.29, 0.717) is 19.3 Å². The lowest BCUT2D eigenvalue weighted by Crippen LogP contribution is -2.30. The Kier molecular flexibility index (Phi) is 85.6. The molecule has 0 aromatic carbocycles. The number of ether oxygens (including phenoxy) is 3. The third kappa shape index (κ3) is 90.3. The molecular formula is C97H170O16P2. The Balaban J connectivity index is 4.37. The highest BCUT2D eigenvalue weighted by Gasteiger charge is 2.29. The molecule has 0 aliphatic heterocycles. The number of esters is 3. The molecule has 0 heterocycles. The number of phosphoric acid groups is 2. The van der Waals surface area contributed by atoms with Crippen molar-refractivity contribution in [2.75, 3.05) is 39.6 Å². The lowest BCUT2D eigenvalue weighted by molar-refractivity contribution is -0.161. The molecule has 0 amide bonds. The third-order valence-corrected chi connectivity index (χ3v) is 21.8.